The van der Waals surface area contributed by atoms with Gasteiger partial charge in [0, 0.05) is 61.4 Å². The van der Waals surface area contributed by atoms with Gasteiger partial charge in [0.1, 0.15) is 17.6 Å². The lowest BCUT2D eigenvalue weighted by atomic mass is 10.1. The molecule has 4 heterocycles. The molecule has 2 aliphatic rings. The van der Waals surface area contributed by atoms with Gasteiger partial charge in [0.15, 0.2) is 18.2 Å². The smallest absolute Gasteiger partial charge is 0.336 e. The predicted molar refractivity (Wildman–Crippen MR) is 166 cm³/mol. The standard InChI is InChI=1S/C35H38N4O6/c1-25(44-33-5-3-4-19-43-33)34-36-16-17-39(34)23-30-21-31(45-37-30)29-14-12-27(13-15-29)7-6-26-8-10-28(11-9-26)22-38-18-20-42-32(24-38)35(40)41-2/h8-17,21,25,32-33H,3-5,18-20,22-24H2,1-2H3. The van der Waals surface area contributed by atoms with E-state index in [1.165, 1.54) is 7.11 Å². The molecule has 3 unspecified atom stereocenters. The summed E-state index contributed by atoms with van der Waals surface area (Å²) < 4.78 is 29.9. The molecule has 6 rings (SSSR count). The Labute approximate surface area is 263 Å². The second kappa shape index (κ2) is 14.7. The highest BCUT2D eigenvalue weighted by Crippen LogP contribution is 2.25. The molecule has 0 amide bonds. The molecule has 45 heavy (non-hydrogen) atoms. The average Bonchev–Trinajstić information content (AvgIpc) is 3.75. The maximum atomic E-state index is 11.8. The van der Waals surface area contributed by atoms with Crippen LogP contribution in [0, 0.1) is 11.8 Å². The lowest BCUT2D eigenvalue weighted by molar-refractivity contribution is -0.188. The molecule has 2 aromatic carbocycles. The molecule has 2 saturated heterocycles. The minimum Gasteiger partial charge on any atom is -0.467 e. The van der Waals surface area contributed by atoms with Gasteiger partial charge in [0.2, 0.25) is 0 Å². The number of esters is 1. The highest BCUT2D eigenvalue weighted by atomic mass is 16.7. The monoisotopic (exact) mass is 610 g/mol. The molecule has 0 aliphatic carbocycles. The molecule has 3 atom stereocenters. The maximum absolute atomic E-state index is 11.8. The summed E-state index contributed by atoms with van der Waals surface area (Å²) in [6.07, 6.45) is 5.92. The number of imidazole rings is 1. The highest BCUT2D eigenvalue weighted by molar-refractivity contribution is 5.74. The van der Waals surface area contributed by atoms with E-state index in [0.29, 0.717) is 25.5 Å². The summed E-state index contributed by atoms with van der Waals surface area (Å²) in [6, 6.07) is 18.1. The van der Waals surface area contributed by atoms with E-state index in [4.69, 9.17) is 23.5 Å². The Morgan fingerprint density at radius 3 is 2.53 bits per heavy atom. The second-order valence-electron chi connectivity index (χ2n) is 11.3. The first kappa shape index (κ1) is 30.7. The van der Waals surface area contributed by atoms with Crippen LogP contribution in [0.5, 0.6) is 0 Å². The second-order valence-corrected chi connectivity index (χ2v) is 11.3. The molecule has 10 heteroatoms. The van der Waals surface area contributed by atoms with Crippen molar-refractivity contribution in [1.82, 2.24) is 19.6 Å². The van der Waals surface area contributed by atoms with Crippen LogP contribution in [0.15, 0.2) is 71.5 Å². The van der Waals surface area contributed by atoms with Crippen molar-refractivity contribution in [3.8, 4) is 23.2 Å². The number of methoxy groups -OCH3 is 1. The van der Waals surface area contributed by atoms with Gasteiger partial charge in [-0.25, -0.2) is 9.78 Å². The van der Waals surface area contributed by atoms with Crippen LogP contribution >= 0.6 is 0 Å². The van der Waals surface area contributed by atoms with Crippen molar-refractivity contribution in [3.63, 3.8) is 0 Å². The maximum Gasteiger partial charge on any atom is 0.336 e. The van der Waals surface area contributed by atoms with Gasteiger partial charge in [-0.15, -0.1) is 0 Å². The number of carbonyl (C=O) groups is 1. The molecule has 2 fully saturated rings. The van der Waals surface area contributed by atoms with Crippen molar-refractivity contribution in [3.05, 3.63) is 95.2 Å². The zero-order chi connectivity index (χ0) is 31.0. The van der Waals surface area contributed by atoms with Crippen LogP contribution in [0.2, 0.25) is 0 Å². The molecule has 0 saturated carbocycles. The van der Waals surface area contributed by atoms with Crippen LogP contribution in [-0.4, -0.2) is 71.4 Å². The number of morpholine rings is 1. The highest BCUT2D eigenvalue weighted by Gasteiger charge is 2.27. The molecule has 4 aromatic rings. The summed E-state index contributed by atoms with van der Waals surface area (Å²) in [5.74, 6) is 7.68. The number of rotatable bonds is 9. The molecular weight excluding hydrogens is 572 g/mol. The molecule has 0 N–H and O–H groups in total. The number of nitrogens with zero attached hydrogens (tertiary/aromatic N) is 4. The van der Waals surface area contributed by atoms with Crippen molar-refractivity contribution in [2.45, 2.75) is 57.8 Å². The Kier molecular flexibility index (Phi) is 10.0. The fourth-order valence-electron chi connectivity index (χ4n) is 5.55. The molecule has 2 aromatic heterocycles. The number of aromatic nitrogens is 3. The van der Waals surface area contributed by atoms with Crippen LogP contribution < -0.4 is 0 Å². The number of carbonyl (C=O) groups excluding carboxylic acids is 1. The Morgan fingerprint density at radius 2 is 1.80 bits per heavy atom. The zero-order valence-electron chi connectivity index (χ0n) is 25.7. The van der Waals surface area contributed by atoms with E-state index in [-0.39, 0.29) is 18.4 Å². The van der Waals surface area contributed by atoms with E-state index in [2.05, 4.69) is 39.0 Å². The largest absolute Gasteiger partial charge is 0.467 e. The Hall–Kier alpha value is -4.27. The van der Waals surface area contributed by atoms with E-state index >= 15 is 0 Å². The zero-order valence-corrected chi connectivity index (χ0v) is 25.7. The fourth-order valence-corrected chi connectivity index (χ4v) is 5.55. The van der Waals surface area contributed by atoms with E-state index in [9.17, 15) is 4.79 Å². The van der Waals surface area contributed by atoms with Crippen LogP contribution in [0.1, 0.15) is 60.5 Å². The van der Waals surface area contributed by atoms with Gasteiger partial charge < -0.3 is 28.0 Å². The van der Waals surface area contributed by atoms with E-state index in [0.717, 1.165) is 72.7 Å². The quantitative estimate of drug-likeness (QED) is 0.192. The van der Waals surface area contributed by atoms with Crippen LogP contribution in [0.25, 0.3) is 11.3 Å². The fraction of sp³-hybridized carbons (Fsp3) is 0.400. The van der Waals surface area contributed by atoms with Crippen LogP contribution in [0.4, 0.5) is 0 Å². The summed E-state index contributed by atoms with van der Waals surface area (Å²) in [6.45, 7) is 5.82. The molecule has 2 aliphatic heterocycles. The van der Waals surface area contributed by atoms with Gasteiger partial charge in [-0.05, 0) is 68.1 Å². The van der Waals surface area contributed by atoms with Gasteiger partial charge in [0.05, 0.1) is 20.3 Å². The predicted octanol–water partition coefficient (Wildman–Crippen LogP) is 4.96. The molecule has 10 nitrogen and oxygen atoms in total. The third-order valence-electron chi connectivity index (χ3n) is 7.99. The van der Waals surface area contributed by atoms with Gasteiger partial charge in [0.25, 0.3) is 0 Å². The molecular formula is C35H38N4O6. The first-order chi connectivity index (χ1) is 22.0. The summed E-state index contributed by atoms with van der Waals surface area (Å²) >= 11 is 0. The van der Waals surface area contributed by atoms with Gasteiger partial charge in [-0.2, -0.15) is 0 Å². The van der Waals surface area contributed by atoms with Crippen molar-refractivity contribution in [2.75, 3.05) is 33.4 Å². The summed E-state index contributed by atoms with van der Waals surface area (Å²) in [7, 11) is 1.39. The molecule has 0 bridgehead atoms. The summed E-state index contributed by atoms with van der Waals surface area (Å²) in [5.41, 5.74) is 4.72. The first-order valence-corrected chi connectivity index (χ1v) is 15.4. The van der Waals surface area contributed by atoms with Crippen molar-refractivity contribution in [1.29, 1.82) is 0 Å². The van der Waals surface area contributed by atoms with E-state index < -0.39 is 6.10 Å². The molecule has 234 valence electrons. The molecule has 0 radical (unpaired) electrons. The molecule has 0 spiro atoms. The Morgan fingerprint density at radius 1 is 1.02 bits per heavy atom. The third-order valence-corrected chi connectivity index (χ3v) is 7.99. The summed E-state index contributed by atoms with van der Waals surface area (Å²) in [5, 5.41) is 4.29. The lowest BCUT2D eigenvalue weighted by Gasteiger charge is -2.31. The first-order valence-electron chi connectivity index (χ1n) is 15.4. The summed E-state index contributed by atoms with van der Waals surface area (Å²) in [4.78, 5) is 18.5. The van der Waals surface area contributed by atoms with E-state index in [1.807, 2.05) is 60.2 Å². The average molecular weight is 611 g/mol. The number of ether oxygens (including phenoxy) is 4. The Balaban J connectivity index is 1.02. The minimum absolute atomic E-state index is 0.179. The number of benzene rings is 2. The van der Waals surface area contributed by atoms with Gasteiger partial charge in [-0.1, -0.05) is 29.1 Å². The van der Waals surface area contributed by atoms with Crippen molar-refractivity contribution in [2.24, 2.45) is 0 Å². The normalized spacial score (nSPS) is 19.4. The van der Waals surface area contributed by atoms with Crippen molar-refractivity contribution < 1.29 is 28.3 Å². The van der Waals surface area contributed by atoms with Crippen LogP contribution in [0.3, 0.4) is 0 Å². The Bertz CT molecular complexity index is 1610. The lowest BCUT2D eigenvalue weighted by Crippen LogP contribution is -2.46. The SMILES string of the molecule is COC(=O)C1CN(Cc2ccc(C#Cc3ccc(-c4cc(Cn5ccnc5C(C)OC5CCCCO5)no4)cc3)cc2)CCO1. The van der Waals surface area contributed by atoms with E-state index in [1.54, 1.807) is 6.20 Å². The van der Waals surface area contributed by atoms with Crippen molar-refractivity contribution >= 4 is 5.97 Å². The number of hydrogen-bond acceptors (Lipinski definition) is 9. The van der Waals surface area contributed by atoms with Crippen LogP contribution in [-0.2, 0) is 36.8 Å². The minimum atomic E-state index is -0.530. The topological polar surface area (TPSA) is 101 Å². The van der Waals surface area contributed by atoms with Gasteiger partial charge in [-0.3, -0.25) is 4.90 Å². The third kappa shape index (κ3) is 8.07. The number of hydrogen-bond donors (Lipinski definition) is 0. The van der Waals surface area contributed by atoms with Gasteiger partial charge >= 0.3 is 5.97 Å².